The number of carbonyl (C=O) groups is 1. The molecular formula is C21H26N2O3S2. The Labute approximate surface area is 171 Å². The van der Waals surface area contributed by atoms with E-state index >= 15 is 0 Å². The summed E-state index contributed by atoms with van der Waals surface area (Å²) in [7, 11) is -3.50. The van der Waals surface area contributed by atoms with Gasteiger partial charge in [-0.1, -0.05) is 42.3 Å². The Morgan fingerprint density at radius 1 is 1.07 bits per heavy atom. The van der Waals surface area contributed by atoms with Crippen molar-refractivity contribution in [2.45, 2.75) is 36.8 Å². The van der Waals surface area contributed by atoms with Gasteiger partial charge in [-0.25, -0.2) is 8.42 Å². The normalized spacial score (nSPS) is 15.3. The lowest BCUT2D eigenvalue weighted by Gasteiger charge is -2.26. The van der Waals surface area contributed by atoms with Crippen LogP contribution in [-0.2, 0) is 20.6 Å². The van der Waals surface area contributed by atoms with E-state index in [9.17, 15) is 13.2 Å². The highest BCUT2D eigenvalue weighted by molar-refractivity contribution is 7.99. The van der Waals surface area contributed by atoms with Crippen LogP contribution in [0.3, 0.4) is 0 Å². The molecule has 0 atom stereocenters. The van der Waals surface area contributed by atoms with Crippen LogP contribution >= 0.6 is 11.8 Å². The quantitative estimate of drug-likeness (QED) is 0.737. The molecule has 0 aliphatic carbocycles. The molecule has 150 valence electrons. The zero-order chi connectivity index (χ0) is 20.0. The molecule has 0 radical (unpaired) electrons. The summed E-state index contributed by atoms with van der Waals surface area (Å²) in [5, 5.41) is 2.81. The minimum atomic E-state index is -3.50. The molecule has 0 spiro atoms. The third kappa shape index (κ3) is 5.59. The van der Waals surface area contributed by atoms with Crippen molar-refractivity contribution in [3.05, 3.63) is 59.7 Å². The van der Waals surface area contributed by atoms with Gasteiger partial charge >= 0.3 is 0 Å². The van der Waals surface area contributed by atoms with E-state index in [0.717, 1.165) is 25.0 Å². The highest BCUT2D eigenvalue weighted by atomic mass is 32.2. The molecule has 0 saturated carbocycles. The van der Waals surface area contributed by atoms with Crippen LogP contribution in [0.2, 0.25) is 0 Å². The Morgan fingerprint density at radius 3 is 2.57 bits per heavy atom. The van der Waals surface area contributed by atoms with Crippen molar-refractivity contribution in [3.8, 4) is 0 Å². The van der Waals surface area contributed by atoms with Gasteiger partial charge in [-0.3, -0.25) is 4.79 Å². The molecule has 28 heavy (non-hydrogen) atoms. The van der Waals surface area contributed by atoms with Gasteiger partial charge in [0.1, 0.15) is 0 Å². The molecule has 7 heteroatoms. The van der Waals surface area contributed by atoms with Gasteiger partial charge in [0, 0.05) is 24.5 Å². The van der Waals surface area contributed by atoms with Gasteiger partial charge in [0.15, 0.2) is 0 Å². The number of amides is 1. The third-order valence-electron chi connectivity index (χ3n) is 4.65. The van der Waals surface area contributed by atoms with Crippen molar-refractivity contribution in [2.24, 2.45) is 0 Å². The molecule has 1 N–H and O–H groups in total. The molecule has 2 aromatic carbocycles. The van der Waals surface area contributed by atoms with Gasteiger partial charge in [0.2, 0.25) is 15.9 Å². The molecule has 1 amide bonds. The Bertz CT molecular complexity index is 923. The van der Waals surface area contributed by atoms with Crippen LogP contribution < -0.4 is 5.32 Å². The van der Waals surface area contributed by atoms with Gasteiger partial charge in [0.25, 0.3) is 0 Å². The number of benzene rings is 2. The predicted molar refractivity (Wildman–Crippen MR) is 115 cm³/mol. The number of anilines is 1. The fourth-order valence-electron chi connectivity index (χ4n) is 3.25. The topological polar surface area (TPSA) is 66.5 Å². The fraction of sp³-hybridized carbons (Fsp3) is 0.381. The van der Waals surface area contributed by atoms with Crippen LogP contribution in [0.25, 0.3) is 0 Å². The van der Waals surface area contributed by atoms with Gasteiger partial charge < -0.3 is 5.32 Å². The van der Waals surface area contributed by atoms with Gasteiger partial charge in [-0.05, 0) is 43.5 Å². The van der Waals surface area contributed by atoms with Crippen molar-refractivity contribution < 1.29 is 13.2 Å². The monoisotopic (exact) mass is 418 g/mol. The Balaban J connectivity index is 1.57. The van der Waals surface area contributed by atoms with E-state index in [1.54, 1.807) is 24.3 Å². The molecular weight excluding hydrogens is 392 g/mol. The average Bonchev–Trinajstić information content (AvgIpc) is 2.69. The zero-order valence-electron chi connectivity index (χ0n) is 16.1. The molecule has 5 nitrogen and oxygen atoms in total. The van der Waals surface area contributed by atoms with E-state index in [-0.39, 0.29) is 10.8 Å². The number of carbonyl (C=O) groups excluding carboxylic acids is 1. The molecule has 1 fully saturated rings. The number of piperidine rings is 1. The summed E-state index contributed by atoms with van der Waals surface area (Å²) in [4.78, 5) is 12.5. The van der Waals surface area contributed by atoms with Crippen LogP contribution in [0, 0.1) is 6.92 Å². The van der Waals surface area contributed by atoms with Crippen LogP contribution in [0.4, 0.5) is 5.69 Å². The van der Waals surface area contributed by atoms with E-state index in [1.165, 1.54) is 27.2 Å². The number of nitrogens with one attached hydrogen (secondary N) is 1. The molecule has 1 aliphatic heterocycles. The van der Waals surface area contributed by atoms with E-state index < -0.39 is 10.0 Å². The van der Waals surface area contributed by atoms with E-state index in [0.29, 0.717) is 24.5 Å². The number of aryl methyl sites for hydroxylation is 1. The summed E-state index contributed by atoms with van der Waals surface area (Å²) in [6.45, 7) is 3.18. The molecule has 1 heterocycles. The molecule has 0 unspecified atom stereocenters. The summed E-state index contributed by atoms with van der Waals surface area (Å²) < 4.78 is 27.1. The molecule has 1 saturated heterocycles. The number of nitrogens with zero attached hydrogens (tertiary/aromatic N) is 1. The largest absolute Gasteiger partial charge is 0.325 e. The summed E-state index contributed by atoms with van der Waals surface area (Å²) in [5.74, 6) is 0.945. The smallest absolute Gasteiger partial charge is 0.243 e. The van der Waals surface area contributed by atoms with Crippen molar-refractivity contribution in [3.63, 3.8) is 0 Å². The maximum Gasteiger partial charge on any atom is 0.243 e. The van der Waals surface area contributed by atoms with Crippen molar-refractivity contribution in [2.75, 3.05) is 24.2 Å². The second-order valence-electron chi connectivity index (χ2n) is 7.02. The second kappa shape index (κ2) is 9.58. The maximum absolute atomic E-state index is 12.8. The highest BCUT2D eigenvalue weighted by Gasteiger charge is 2.26. The van der Waals surface area contributed by atoms with Crippen molar-refractivity contribution in [1.82, 2.24) is 4.31 Å². The Kier molecular flexibility index (Phi) is 7.15. The van der Waals surface area contributed by atoms with Crippen molar-refractivity contribution >= 4 is 33.4 Å². The molecule has 0 bridgehead atoms. The van der Waals surface area contributed by atoms with Crippen LogP contribution in [0.5, 0.6) is 0 Å². The van der Waals surface area contributed by atoms with Crippen LogP contribution in [0.1, 0.15) is 30.4 Å². The van der Waals surface area contributed by atoms with Crippen LogP contribution in [0.15, 0.2) is 53.4 Å². The first-order valence-corrected chi connectivity index (χ1v) is 12.1. The number of hydrogen-bond donors (Lipinski definition) is 1. The SMILES string of the molecule is Cc1cccc(CSCC(=O)Nc2cccc(S(=O)(=O)N3CCCCC3)c2)c1. The average molecular weight is 419 g/mol. The minimum Gasteiger partial charge on any atom is -0.325 e. The number of hydrogen-bond acceptors (Lipinski definition) is 4. The van der Waals surface area contributed by atoms with E-state index in [1.807, 2.05) is 25.1 Å². The summed E-state index contributed by atoms with van der Waals surface area (Å²) >= 11 is 1.54. The number of rotatable bonds is 7. The maximum atomic E-state index is 12.8. The Morgan fingerprint density at radius 2 is 1.82 bits per heavy atom. The molecule has 2 aromatic rings. The molecule has 0 aromatic heterocycles. The second-order valence-corrected chi connectivity index (χ2v) is 9.95. The van der Waals surface area contributed by atoms with Gasteiger partial charge in [0.05, 0.1) is 10.6 Å². The summed E-state index contributed by atoms with van der Waals surface area (Å²) in [6, 6.07) is 14.8. The first kappa shape index (κ1) is 20.9. The Hall–Kier alpha value is -1.83. The minimum absolute atomic E-state index is 0.134. The first-order chi connectivity index (χ1) is 13.4. The van der Waals surface area contributed by atoms with E-state index in [4.69, 9.17) is 0 Å². The van der Waals surface area contributed by atoms with Crippen molar-refractivity contribution in [1.29, 1.82) is 0 Å². The number of sulfonamides is 1. The van der Waals surface area contributed by atoms with Gasteiger partial charge in [-0.15, -0.1) is 11.8 Å². The zero-order valence-corrected chi connectivity index (χ0v) is 17.7. The summed E-state index contributed by atoms with van der Waals surface area (Å²) in [6.07, 6.45) is 2.87. The molecule has 3 rings (SSSR count). The fourth-order valence-corrected chi connectivity index (χ4v) is 5.59. The lowest BCUT2D eigenvalue weighted by atomic mass is 10.2. The third-order valence-corrected chi connectivity index (χ3v) is 7.55. The standard InChI is InChI=1S/C21H26N2O3S2/c1-17-7-5-8-18(13-17)15-27-16-21(24)22-19-9-6-10-20(14-19)28(25,26)23-11-3-2-4-12-23/h5-10,13-14H,2-4,11-12,15-16H2,1H3,(H,22,24). The summed E-state index contributed by atoms with van der Waals surface area (Å²) in [5.41, 5.74) is 2.90. The lowest BCUT2D eigenvalue weighted by Crippen LogP contribution is -2.35. The first-order valence-electron chi connectivity index (χ1n) is 9.48. The number of thioether (sulfide) groups is 1. The molecule has 1 aliphatic rings. The lowest BCUT2D eigenvalue weighted by molar-refractivity contribution is -0.113. The highest BCUT2D eigenvalue weighted by Crippen LogP contribution is 2.23. The van der Waals surface area contributed by atoms with E-state index in [2.05, 4.69) is 11.4 Å². The van der Waals surface area contributed by atoms with Crippen LogP contribution in [-0.4, -0.2) is 37.5 Å². The predicted octanol–water partition coefficient (Wildman–Crippen LogP) is 4.04. The van der Waals surface area contributed by atoms with Gasteiger partial charge in [-0.2, -0.15) is 4.31 Å².